The fraction of sp³-hybridized carbons (Fsp3) is 0.800. The Morgan fingerprint density at radius 3 is 2.50 bits per heavy atom. The van der Waals surface area contributed by atoms with Crippen LogP contribution in [0.15, 0.2) is 0 Å². The molecule has 0 saturated carbocycles. The summed E-state index contributed by atoms with van der Waals surface area (Å²) in [5.74, 6) is -0.653. The van der Waals surface area contributed by atoms with Gasteiger partial charge in [0, 0.05) is 0 Å². The van der Waals surface area contributed by atoms with Crippen LogP contribution in [-0.4, -0.2) is 23.5 Å². The smallest absolute Gasteiger partial charge is 0.272 e. The number of nitrogens with one attached hydrogen (secondary N) is 1. The van der Waals surface area contributed by atoms with Gasteiger partial charge in [-0.3, -0.25) is 9.63 Å². The molecule has 0 saturated heterocycles. The molecule has 1 atom stereocenters. The van der Waals surface area contributed by atoms with Crippen molar-refractivity contribution in [2.45, 2.75) is 17.9 Å². The Hall–Kier alpha value is -0.300. The summed E-state index contributed by atoms with van der Waals surface area (Å²) in [7, 11) is 0. The van der Waals surface area contributed by atoms with Crippen molar-refractivity contribution < 1.29 is 22.8 Å². The topological polar surface area (TPSA) is 38.3 Å². The number of halogens is 4. The van der Waals surface area contributed by atoms with Crippen molar-refractivity contribution in [1.82, 2.24) is 5.48 Å². The van der Waals surface area contributed by atoms with E-state index < -0.39 is 23.5 Å². The fourth-order valence-electron chi connectivity index (χ4n) is 0.270. The molecular formula is C5H7BrF3NO2. The normalized spacial score (nSPS) is 14.1. The van der Waals surface area contributed by atoms with E-state index in [-0.39, 0.29) is 0 Å². The average Bonchev–Trinajstić information content (AvgIpc) is 1.84. The molecule has 0 aromatic heterocycles. The Morgan fingerprint density at radius 2 is 2.17 bits per heavy atom. The third-order valence-corrected chi connectivity index (χ3v) is 1.19. The van der Waals surface area contributed by atoms with Gasteiger partial charge in [-0.2, -0.15) is 13.2 Å². The Balaban J connectivity index is 3.51. The lowest BCUT2D eigenvalue weighted by molar-refractivity contribution is -0.191. The molecule has 0 aliphatic heterocycles. The summed E-state index contributed by atoms with van der Waals surface area (Å²) < 4.78 is 34.3. The molecule has 7 heteroatoms. The number of carbonyl (C=O) groups excluding carboxylic acids is 1. The monoisotopic (exact) mass is 249 g/mol. The van der Waals surface area contributed by atoms with Crippen molar-refractivity contribution >= 4 is 21.8 Å². The molecule has 0 spiro atoms. The van der Waals surface area contributed by atoms with Crippen molar-refractivity contribution in [1.29, 1.82) is 0 Å². The van der Waals surface area contributed by atoms with Gasteiger partial charge in [-0.15, -0.1) is 0 Å². The summed E-state index contributed by atoms with van der Waals surface area (Å²) in [6.45, 7) is -0.0231. The van der Waals surface area contributed by atoms with Crippen LogP contribution in [-0.2, 0) is 9.63 Å². The van der Waals surface area contributed by atoms with Crippen LogP contribution in [0.5, 0.6) is 0 Å². The van der Waals surface area contributed by atoms with Crippen LogP contribution < -0.4 is 5.48 Å². The van der Waals surface area contributed by atoms with Gasteiger partial charge in [0.15, 0.2) is 6.61 Å². The number of hydrogen-bond acceptors (Lipinski definition) is 2. The third kappa shape index (κ3) is 6.41. The van der Waals surface area contributed by atoms with Crippen LogP contribution >= 0.6 is 15.9 Å². The molecule has 12 heavy (non-hydrogen) atoms. The van der Waals surface area contributed by atoms with Gasteiger partial charge in [-0.1, -0.05) is 15.9 Å². The molecule has 1 N–H and O–H groups in total. The fourth-order valence-corrected chi connectivity index (χ4v) is 0.364. The predicted octanol–water partition coefficient (Wildman–Crippen LogP) is 1.38. The number of hydrogen-bond donors (Lipinski definition) is 1. The van der Waals surface area contributed by atoms with Gasteiger partial charge < -0.3 is 0 Å². The second-order valence-corrected chi connectivity index (χ2v) is 3.36. The van der Waals surface area contributed by atoms with Crippen LogP contribution in [0.4, 0.5) is 13.2 Å². The van der Waals surface area contributed by atoms with Crippen LogP contribution in [0.25, 0.3) is 0 Å². The second kappa shape index (κ2) is 4.66. The van der Waals surface area contributed by atoms with E-state index in [1.807, 2.05) is 0 Å². The minimum Gasteiger partial charge on any atom is -0.272 e. The molecule has 1 amide bonds. The van der Waals surface area contributed by atoms with Gasteiger partial charge in [0.25, 0.3) is 5.91 Å². The van der Waals surface area contributed by atoms with Gasteiger partial charge in [-0.05, 0) is 6.92 Å². The number of amides is 1. The van der Waals surface area contributed by atoms with Gasteiger partial charge in [0.05, 0.1) is 4.83 Å². The van der Waals surface area contributed by atoms with Gasteiger partial charge in [0.2, 0.25) is 0 Å². The van der Waals surface area contributed by atoms with Crippen molar-refractivity contribution in [2.24, 2.45) is 0 Å². The van der Waals surface area contributed by atoms with Crippen molar-refractivity contribution in [3.8, 4) is 0 Å². The molecule has 0 bridgehead atoms. The van der Waals surface area contributed by atoms with E-state index in [0.717, 1.165) is 0 Å². The van der Waals surface area contributed by atoms with Crippen LogP contribution in [0.3, 0.4) is 0 Å². The zero-order chi connectivity index (χ0) is 9.78. The number of hydroxylamine groups is 1. The predicted molar refractivity (Wildman–Crippen MR) is 38.5 cm³/mol. The zero-order valence-electron chi connectivity index (χ0n) is 6.11. The highest BCUT2D eigenvalue weighted by molar-refractivity contribution is 9.10. The quantitative estimate of drug-likeness (QED) is 0.607. The van der Waals surface area contributed by atoms with E-state index in [0.29, 0.717) is 0 Å². The first-order chi connectivity index (χ1) is 5.33. The number of carbonyl (C=O) groups is 1. The molecule has 0 aromatic rings. The lowest BCUT2D eigenvalue weighted by atomic mass is 10.5. The van der Waals surface area contributed by atoms with E-state index in [1.54, 1.807) is 5.48 Å². The average molecular weight is 250 g/mol. The molecule has 3 nitrogen and oxygen atoms in total. The maximum atomic E-state index is 11.4. The lowest BCUT2D eigenvalue weighted by Crippen LogP contribution is -2.33. The molecule has 0 aromatic carbocycles. The second-order valence-electron chi connectivity index (χ2n) is 1.99. The molecule has 0 radical (unpaired) electrons. The first-order valence-electron chi connectivity index (χ1n) is 2.95. The maximum absolute atomic E-state index is 11.4. The summed E-state index contributed by atoms with van der Waals surface area (Å²) >= 11 is 2.85. The minimum absolute atomic E-state index is 0.578. The van der Waals surface area contributed by atoms with Gasteiger partial charge >= 0.3 is 6.18 Å². The summed E-state index contributed by atoms with van der Waals surface area (Å²) in [5, 5.41) is 0. The zero-order valence-corrected chi connectivity index (χ0v) is 7.70. The summed E-state index contributed by atoms with van der Waals surface area (Å²) in [6.07, 6.45) is -4.43. The summed E-state index contributed by atoms with van der Waals surface area (Å²) in [6, 6.07) is 0. The summed E-state index contributed by atoms with van der Waals surface area (Å²) in [4.78, 5) is 13.9. The van der Waals surface area contributed by atoms with Gasteiger partial charge in [-0.25, -0.2) is 5.48 Å². The lowest BCUT2D eigenvalue weighted by Gasteiger charge is -2.08. The van der Waals surface area contributed by atoms with Crippen molar-refractivity contribution in [2.75, 3.05) is 6.61 Å². The summed E-state index contributed by atoms with van der Waals surface area (Å²) in [5.41, 5.74) is 1.63. The maximum Gasteiger partial charge on any atom is 0.414 e. The van der Waals surface area contributed by atoms with Crippen LogP contribution in [0, 0.1) is 0 Å². The van der Waals surface area contributed by atoms with E-state index >= 15 is 0 Å². The molecule has 72 valence electrons. The Labute approximate surface area is 75.3 Å². The largest absolute Gasteiger partial charge is 0.414 e. The Bertz CT molecular complexity index is 159. The molecule has 1 unspecified atom stereocenters. The van der Waals surface area contributed by atoms with E-state index in [2.05, 4.69) is 20.8 Å². The first kappa shape index (κ1) is 11.7. The first-order valence-corrected chi connectivity index (χ1v) is 3.87. The third-order valence-electron chi connectivity index (χ3n) is 0.770. The van der Waals surface area contributed by atoms with Crippen LogP contribution in [0.1, 0.15) is 6.92 Å². The SMILES string of the molecule is CC(Br)C(=O)NOCC(F)(F)F. The minimum atomic E-state index is -4.43. The molecular weight excluding hydrogens is 243 g/mol. The highest BCUT2D eigenvalue weighted by Gasteiger charge is 2.28. The Kier molecular flexibility index (Phi) is 4.54. The molecule has 0 rings (SSSR count). The molecule has 0 fully saturated rings. The van der Waals surface area contributed by atoms with E-state index in [4.69, 9.17) is 0 Å². The molecule has 0 aliphatic rings. The molecule has 0 heterocycles. The Morgan fingerprint density at radius 1 is 1.67 bits per heavy atom. The number of alkyl halides is 4. The van der Waals surface area contributed by atoms with Gasteiger partial charge in [0.1, 0.15) is 0 Å². The molecule has 0 aliphatic carbocycles. The van der Waals surface area contributed by atoms with E-state index in [9.17, 15) is 18.0 Å². The standard InChI is InChI=1S/C5H7BrF3NO2/c1-3(6)4(11)10-12-2-5(7,8)9/h3H,2H2,1H3,(H,10,11). The van der Waals surface area contributed by atoms with Crippen LogP contribution in [0.2, 0.25) is 0 Å². The highest BCUT2D eigenvalue weighted by Crippen LogP contribution is 2.13. The van der Waals surface area contributed by atoms with Crippen molar-refractivity contribution in [3.63, 3.8) is 0 Å². The highest BCUT2D eigenvalue weighted by atomic mass is 79.9. The van der Waals surface area contributed by atoms with E-state index in [1.165, 1.54) is 6.92 Å². The van der Waals surface area contributed by atoms with Crippen molar-refractivity contribution in [3.05, 3.63) is 0 Å². The number of rotatable bonds is 3.